The Bertz CT molecular complexity index is 1060. The Morgan fingerprint density at radius 2 is 1.81 bits per heavy atom. The molecule has 0 aliphatic carbocycles. The van der Waals surface area contributed by atoms with E-state index < -0.39 is 15.9 Å². The van der Waals surface area contributed by atoms with Gasteiger partial charge in [0.1, 0.15) is 0 Å². The van der Waals surface area contributed by atoms with Crippen molar-refractivity contribution in [3.63, 3.8) is 0 Å². The number of nitrogens with one attached hydrogen (secondary N) is 1. The molecule has 0 saturated carbocycles. The number of rotatable bonds is 8. The van der Waals surface area contributed by atoms with E-state index in [0.29, 0.717) is 26.1 Å². The maximum absolute atomic E-state index is 12.7. The van der Waals surface area contributed by atoms with Crippen LogP contribution in [0.5, 0.6) is 0 Å². The van der Waals surface area contributed by atoms with Gasteiger partial charge in [-0.3, -0.25) is 13.9 Å². The van der Waals surface area contributed by atoms with E-state index in [-0.39, 0.29) is 30.5 Å². The first-order chi connectivity index (χ1) is 14.9. The quantitative estimate of drug-likeness (QED) is 0.674. The molecule has 2 heterocycles. The zero-order valence-corrected chi connectivity index (χ0v) is 18.2. The number of sulfonamides is 1. The maximum atomic E-state index is 12.7. The van der Waals surface area contributed by atoms with E-state index >= 15 is 0 Å². The molecule has 4 rings (SSSR count). The first-order valence-corrected chi connectivity index (χ1v) is 12.2. The average Bonchev–Trinajstić information content (AvgIpc) is 3.37. The number of likely N-dealkylation sites (tertiary alicyclic amines) is 1. The predicted molar refractivity (Wildman–Crippen MR) is 119 cm³/mol. The van der Waals surface area contributed by atoms with Crippen LogP contribution in [0.1, 0.15) is 17.5 Å². The molecule has 1 N–H and O–H groups in total. The van der Waals surface area contributed by atoms with Gasteiger partial charge < -0.3 is 10.2 Å². The molecule has 0 aromatic heterocycles. The van der Waals surface area contributed by atoms with Gasteiger partial charge in [-0.25, -0.2) is 8.42 Å². The van der Waals surface area contributed by atoms with Crippen LogP contribution < -0.4 is 9.62 Å². The van der Waals surface area contributed by atoms with Gasteiger partial charge in [0.25, 0.3) is 0 Å². The first kappa shape index (κ1) is 21.4. The van der Waals surface area contributed by atoms with Crippen molar-refractivity contribution >= 4 is 27.5 Å². The highest BCUT2D eigenvalue weighted by Gasteiger charge is 2.34. The van der Waals surface area contributed by atoms with Crippen molar-refractivity contribution in [2.24, 2.45) is 5.92 Å². The number of carbonyl (C=O) groups excluding carboxylic acids is 2. The third-order valence-corrected chi connectivity index (χ3v) is 7.71. The van der Waals surface area contributed by atoms with Gasteiger partial charge in [0, 0.05) is 32.6 Å². The van der Waals surface area contributed by atoms with Crippen LogP contribution in [0.25, 0.3) is 0 Å². The molecule has 1 fully saturated rings. The Hall–Kier alpha value is -2.87. The lowest BCUT2D eigenvalue weighted by atomic mass is 10.1. The maximum Gasteiger partial charge on any atom is 0.236 e. The van der Waals surface area contributed by atoms with Crippen LogP contribution >= 0.6 is 0 Å². The van der Waals surface area contributed by atoms with Crippen molar-refractivity contribution in [1.29, 1.82) is 0 Å². The topological polar surface area (TPSA) is 86.8 Å². The molecule has 2 amide bonds. The molecule has 2 aromatic carbocycles. The minimum Gasteiger partial charge on any atom is -0.355 e. The van der Waals surface area contributed by atoms with Crippen LogP contribution in [0.3, 0.4) is 0 Å². The monoisotopic (exact) mass is 441 g/mol. The lowest BCUT2D eigenvalue weighted by Crippen LogP contribution is -2.39. The zero-order chi connectivity index (χ0) is 21.8. The van der Waals surface area contributed by atoms with Gasteiger partial charge in [-0.05, 0) is 30.0 Å². The summed E-state index contributed by atoms with van der Waals surface area (Å²) >= 11 is 0. The van der Waals surface area contributed by atoms with Crippen LogP contribution in [0.15, 0.2) is 54.6 Å². The summed E-state index contributed by atoms with van der Waals surface area (Å²) in [6, 6.07) is 17.4. The third-order valence-electron chi connectivity index (χ3n) is 5.94. The smallest absolute Gasteiger partial charge is 0.236 e. The molecule has 1 saturated heterocycles. The van der Waals surface area contributed by atoms with E-state index in [2.05, 4.69) is 5.32 Å². The Morgan fingerprint density at radius 3 is 2.61 bits per heavy atom. The number of nitrogens with zero attached hydrogens (tertiary/aromatic N) is 2. The highest BCUT2D eigenvalue weighted by molar-refractivity contribution is 7.92. The van der Waals surface area contributed by atoms with Crippen LogP contribution in [-0.4, -0.2) is 57.1 Å². The number of hydrogen-bond donors (Lipinski definition) is 1. The number of carbonyl (C=O) groups is 2. The highest BCUT2D eigenvalue weighted by atomic mass is 32.2. The summed E-state index contributed by atoms with van der Waals surface area (Å²) in [6.45, 7) is 1.43. The second-order valence-corrected chi connectivity index (χ2v) is 10.0. The number of amides is 2. The number of hydrogen-bond acceptors (Lipinski definition) is 4. The fourth-order valence-corrected chi connectivity index (χ4v) is 5.65. The van der Waals surface area contributed by atoms with Crippen LogP contribution in [-0.2, 0) is 32.5 Å². The molecule has 31 heavy (non-hydrogen) atoms. The predicted octanol–water partition coefficient (Wildman–Crippen LogP) is 1.59. The largest absolute Gasteiger partial charge is 0.355 e. The van der Waals surface area contributed by atoms with Crippen molar-refractivity contribution in [2.75, 3.05) is 36.2 Å². The average molecular weight is 442 g/mol. The third kappa shape index (κ3) is 4.90. The molecule has 7 nitrogen and oxygen atoms in total. The van der Waals surface area contributed by atoms with E-state index in [1.54, 1.807) is 4.90 Å². The molecule has 0 spiro atoms. The van der Waals surface area contributed by atoms with Gasteiger partial charge in [0.2, 0.25) is 21.8 Å². The molecule has 2 aliphatic rings. The van der Waals surface area contributed by atoms with Crippen molar-refractivity contribution in [3.8, 4) is 0 Å². The molecule has 8 heteroatoms. The molecule has 164 valence electrons. The number of benzene rings is 2. The molecular formula is C23H27N3O4S. The zero-order valence-electron chi connectivity index (χ0n) is 17.4. The fraction of sp³-hybridized carbons (Fsp3) is 0.391. The highest BCUT2D eigenvalue weighted by Crippen LogP contribution is 2.29. The Kier molecular flexibility index (Phi) is 6.27. The number of para-hydroxylation sites is 1. The molecule has 0 bridgehead atoms. The summed E-state index contributed by atoms with van der Waals surface area (Å²) < 4.78 is 26.9. The lowest BCUT2D eigenvalue weighted by molar-refractivity contribution is -0.128. The minimum atomic E-state index is -3.51. The summed E-state index contributed by atoms with van der Waals surface area (Å²) in [4.78, 5) is 26.5. The second kappa shape index (κ2) is 9.09. The van der Waals surface area contributed by atoms with Gasteiger partial charge in [-0.1, -0.05) is 48.5 Å². The van der Waals surface area contributed by atoms with E-state index in [0.717, 1.165) is 23.2 Å². The molecular weight excluding hydrogens is 414 g/mol. The van der Waals surface area contributed by atoms with E-state index in [4.69, 9.17) is 0 Å². The van der Waals surface area contributed by atoms with Gasteiger partial charge in [-0.2, -0.15) is 0 Å². The SMILES string of the molecule is O=C(NCCS(=O)(=O)N1CCc2ccccc21)C1CC(=O)N(CCc2ccccc2)C1. The van der Waals surface area contributed by atoms with Crippen molar-refractivity contribution in [1.82, 2.24) is 10.2 Å². The lowest BCUT2D eigenvalue weighted by Gasteiger charge is -2.20. The van der Waals surface area contributed by atoms with Crippen molar-refractivity contribution in [3.05, 3.63) is 65.7 Å². The van der Waals surface area contributed by atoms with E-state index in [1.165, 1.54) is 4.31 Å². The summed E-state index contributed by atoms with van der Waals surface area (Å²) in [7, 11) is -3.51. The summed E-state index contributed by atoms with van der Waals surface area (Å²) in [5.41, 5.74) is 2.90. The molecule has 2 aromatic rings. The van der Waals surface area contributed by atoms with Crippen molar-refractivity contribution in [2.45, 2.75) is 19.3 Å². The fourth-order valence-electron chi connectivity index (χ4n) is 4.23. The van der Waals surface area contributed by atoms with E-state index in [1.807, 2.05) is 54.6 Å². The van der Waals surface area contributed by atoms with Crippen LogP contribution in [0, 0.1) is 5.92 Å². The molecule has 1 unspecified atom stereocenters. The van der Waals surface area contributed by atoms with Gasteiger partial charge in [0.15, 0.2) is 0 Å². The normalized spacial score (nSPS) is 18.3. The van der Waals surface area contributed by atoms with Gasteiger partial charge >= 0.3 is 0 Å². The van der Waals surface area contributed by atoms with Crippen LogP contribution in [0.2, 0.25) is 0 Å². The second-order valence-electron chi connectivity index (χ2n) is 8.03. The van der Waals surface area contributed by atoms with Crippen LogP contribution in [0.4, 0.5) is 5.69 Å². The number of anilines is 1. The summed E-state index contributed by atoms with van der Waals surface area (Å²) in [6.07, 6.45) is 1.62. The molecule has 0 radical (unpaired) electrons. The van der Waals surface area contributed by atoms with Gasteiger partial charge in [-0.15, -0.1) is 0 Å². The minimum absolute atomic E-state index is 0.0302. The van der Waals surface area contributed by atoms with Gasteiger partial charge in [0.05, 0.1) is 17.4 Å². The summed E-state index contributed by atoms with van der Waals surface area (Å²) in [5, 5.41) is 2.72. The standard InChI is InChI=1S/C23H27N3O4S/c27-22-16-20(17-25(22)13-10-18-6-2-1-3-7-18)23(28)24-12-15-31(29,30)26-14-11-19-8-4-5-9-21(19)26/h1-9,20H,10-17H2,(H,24,28). The molecule has 2 aliphatic heterocycles. The number of fused-ring (bicyclic) bond motifs is 1. The summed E-state index contributed by atoms with van der Waals surface area (Å²) in [5.74, 6) is -0.880. The Morgan fingerprint density at radius 1 is 1.06 bits per heavy atom. The Balaban J connectivity index is 1.25. The molecule has 1 atom stereocenters. The van der Waals surface area contributed by atoms with E-state index in [9.17, 15) is 18.0 Å². The van der Waals surface area contributed by atoms with Crippen molar-refractivity contribution < 1.29 is 18.0 Å². The Labute approximate surface area is 183 Å². The first-order valence-electron chi connectivity index (χ1n) is 10.6.